The number of pyridine rings is 1. The molecule has 0 fully saturated rings. The molecule has 0 saturated heterocycles. The maximum atomic E-state index is 7.86. The topological polar surface area (TPSA) is 41.2 Å². The highest BCUT2D eigenvalue weighted by molar-refractivity contribution is 6.35. The number of fused-ring (bicyclic) bond motifs is 3. The highest BCUT2D eigenvalue weighted by Crippen LogP contribution is 2.20. The lowest BCUT2D eigenvalue weighted by Gasteiger charge is -2.06. The van der Waals surface area contributed by atoms with E-state index in [4.69, 9.17) is 17.0 Å². The summed E-state index contributed by atoms with van der Waals surface area (Å²) in [6.45, 7) is 0. The van der Waals surface area contributed by atoms with Gasteiger partial charge in [-0.3, -0.25) is 9.81 Å². The monoisotopic (exact) mass is 229 g/mol. The second-order valence-corrected chi connectivity index (χ2v) is 3.93. The summed E-state index contributed by atoms with van der Waals surface area (Å²) in [5, 5.41) is 9.25. The van der Waals surface area contributed by atoms with Crippen LogP contribution in [-0.2, 0) is 0 Å². The molecule has 0 saturated carbocycles. The van der Waals surface area contributed by atoms with Gasteiger partial charge in [-0.25, -0.2) is 4.98 Å². The van der Waals surface area contributed by atoms with Gasteiger partial charge >= 0.3 is 0 Å². The van der Waals surface area contributed by atoms with Crippen LogP contribution in [0.5, 0.6) is 0 Å². The van der Waals surface area contributed by atoms with Gasteiger partial charge in [0.05, 0.1) is 10.5 Å². The quantitative estimate of drug-likeness (QED) is 0.592. The van der Waals surface area contributed by atoms with E-state index in [1.54, 1.807) is 0 Å². The van der Waals surface area contributed by atoms with E-state index in [0.29, 0.717) is 5.02 Å². The third kappa shape index (κ3) is 1.22. The fourth-order valence-electron chi connectivity index (χ4n) is 1.84. The number of para-hydroxylation sites is 1. The van der Waals surface area contributed by atoms with Crippen molar-refractivity contribution in [3.8, 4) is 0 Å². The minimum absolute atomic E-state index is 0.253. The molecular weight excluding hydrogens is 222 g/mol. The molecule has 0 bridgehead atoms. The van der Waals surface area contributed by atoms with Gasteiger partial charge in [-0.15, -0.1) is 0 Å². The molecule has 0 unspecified atom stereocenters. The van der Waals surface area contributed by atoms with E-state index >= 15 is 0 Å². The van der Waals surface area contributed by atoms with Gasteiger partial charge in [0.15, 0.2) is 5.49 Å². The van der Waals surface area contributed by atoms with Crippen molar-refractivity contribution in [3.63, 3.8) is 0 Å². The first-order valence-electron chi connectivity index (χ1n) is 4.87. The Morgan fingerprint density at radius 3 is 2.88 bits per heavy atom. The van der Waals surface area contributed by atoms with E-state index in [2.05, 4.69) is 4.98 Å². The molecule has 4 heteroatoms. The van der Waals surface area contributed by atoms with Crippen LogP contribution in [0.2, 0.25) is 5.02 Å². The maximum absolute atomic E-state index is 7.86. The minimum atomic E-state index is 0.253. The highest BCUT2D eigenvalue weighted by atomic mass is 35.5. The van der Waals surface area contributed by atoms with Crippen molar-refractivity contribution in [2.45, 2.75) is 0 Å². The van der Waals surface area contributed by atoms with E-state index in [1.165, 1.54) is 0 Å². The Hall–Kier alpha value is -1.87. The third-order valence-electron chi connectivity index (χ3n) is 2.55. The number of aromatic nitrogens is 2. The predicted octanol–water partition coefficient (Wildman–Crippen LogP) is 2.62. The summed E-state index contributed by atoms with van der Waals surface area (Å²) >= 11 is 6.18. The Morgan fingerprint density at radius 1 is 1.12 bits per heavy atom. The summed E-state index contributed by atoms with van der Waals surface area (Å²) in [4.78, 5) is 4.22. The molecule has 0 aliphatic carbocycles. The molecule has 1 N–H and O–H groups in total. The van der Waals surface area contributed by atoms with Crippen molar-refractivity contribution in [2.75, 3.05) is 0 Å². The van der Waals surface area contributed by atoms with E-state index in [0.717, 1.165) is 16.6 Å². The molecule has 16 heavy (non-hydrogen) atoms. The van der Waals surface area contributed by atoms with Crippen LogP contribution in [0.4, 0.5) is 0 Å². The van der Waals surface area contributed by atoms with Crippen LogP contribution in [0.3, 0.4) is 0 Å². The highest BCUT2D eigenvalue weighted by Gasteiger charge is 2.05. The van der Waals surface area contributed by atoms with Crippen molar-refractivity contribution in [1.82, 2.24) is 9.38 Å². The Balaban J connectivity index is 2.73. The van der Waals surface area contributed by atoms with Crippen molar-refractivity contribution < 1.29 is 0 Å². The molecule has 3 rings (SSSR count). The van der Waals surface area contributed by atoms with E-state index in [-0.39, 0.29) is 5.49 Å². The molecule has 3 nitrogen and oxygen atoms in total. The number of nitrogens with one attached hydrogen (secondary N) is 1. The molecule has 0 amide bonds. The predicted molar refractivity (Wildman–Crippen MR) is 63.6 cm³/mol. The van der Waals surface area contributed by atoms with Crippen molar-refractivity contribution in [2.24, 2.45) is 0 Å². The van der Waals surface area contributed by atoms with E-state index < -0.39 is 0 Å². The minimum Gasteiger partial charge on any atom is -0.300 e. The van der Waals surface area contributed by atoms with Gasteiger partial charge in [-0.1, -0.05) is 23.7 Å². The number of hydrogen-bond donors (Lipinski definition) is 1. The van der Waals surface area contributed by atoms with Gasteiger partial charge in [0.1, 0.15) is 5.65 Å². The SMILES string of the molecule is N=c1nc2ccccn2c2c(Cl)cccc12. The molecular formula is C12H8ClN3. The average Bonchev–Trinajstić information content (AvgIpc) is 2.30. The fraction of sp³-hybridized carbons (Fsp3) is 0. The van der Waals surface area contributed by atoms with Crippen LogP contribution in [0.1, 0.15) is 0 Å². The summed E-state index contributed by atoms with van der Waals surface area (Å²) in [7, 11) is 0. The van der Waals surface area contributed by atoms with E-state index in [1.807, 2.05) is 47.0 Å². The summed E-state index contributed by atoms with van der Waals surface area (Å²) in [6, 6.07) is 11.2. The van der Waals surface area contributed by atoms with Crippen LogP contribution in [-0.4, -0.2) is 9.38 Å². The Bertz CT molecular complexity index is 746. The van der Waals surface area contributed by atoms with Crippen LogP contribution in [0, 0.1) is 5.41 Å². The van der Waals surface area contributed by atoms with Gasteiger partial charge < -0.3 is 0 Å². The third-order valence-corrected chi connectivity index (χ3v) is 2.85. The molecule has 2 aromatic heterocycles. The molecule has 0 spiro atoms. The second kappa shape index (κ2) is 3.32. The molecule has 1 aromatic carbocycles. The van der Waals surface area contributed by atoms with Crippen LogP contribution in [0.25, 0.3) is 16.6 Å². The lowest BCUT2D eigenvalue weighted by molar-refractivity contribution is 1.08. The zero-order chi connectivity index (χ0) is 11.1. The Morgan fingerprint density at radius 2 is 2.00 bits per heavy atom. The van der Waals surface area contributed by atoms with Gasteiger partial charge in [-0.05, 0) is 24.3 Å². The molecule has 2 heterocycles. The molecule has 0 aliphatic rings. The summed E-state index contributed by atoms with van der Waals surface area (Å²) in [5.74, 6) is 0. The zero-order valence-electron chi connectivity index (χ0n) is 8.31. The number of halogens is 1. The molecule has 3 aromatic rings. The van der Waals surface area contributed by atoms with Crippen molar-refractivity contribution >= 4 is 28.2 Å². The zero-order valence-corrected chi connectivity index (χ0v) is 9.07. The summed E-state index contributed by atoms with van der Waals surface area (Å²) < 4.78 is 1.90. The Labute approximate surface area is 96.4 Å². The van der Waals surface area contributed by atoms with E-state index in [9.17, 15) is 0 Å². The maximum Gasteiger partial charge on any atom is 0.156 e. The standard InChI is InChI=1S/C12H8ClN3/c13-9-5-3-4-8-11(9)16-7-2-1-6-10(16)15-12(8)14/h1-7,14H. The second-order valence-electron chi connectivity index (χ2n) is 3.53. The first-order valence-corrected chi connectivity index (χ1v) is 5.25. The number of benzene rings is 1. The van der Waals surface area contributed by atoms with Crippen molar-refractivity contribution in [3.05, 3.63) is 53.1 Å². The van der Waals surface area contributed by atoms with Gasteiger partial charge in [0.25, 0.3) is 0 Å². The van der Waals surface area contributed by atoms with Crippen molar-refractivity contribution in [1.29, 1.82) is 5.41 Å². The lowest BCUT2D eigenvalue weighted by Crippen LogP contribution is -2.10. The van der Waals surface area contributed by atoms with Gasteiger partial charge in [0, 0.05) is 11.6 Å². The normalized spacial score (nSPS) is 11.1. The van der Waals surface area contributed by atoms with Crippen LogP contribution in [0.15, 0.2) is 42.6 Å². The molecule has 78 valence electrons. The van der Waals surface area contributed by atoms with Gasteiger partial charge in [-0.2, -0.15) is 0 Å². The van der Waals surface area contributed by atoms with Crippen LogP contribution < -0.4 is 5.49 Å². The smallest absolute Gasteiger partial charge is 0.156 e. The first kappa shape index (κ1) is 9.36. The lowest BCUT2D eigenvalue weighted by atomic mass is 10.2. The Kier molecular flexibility index (Phi) is 1.94. The summed E-state index contributed by atoms with van der Waals surface area (Å²) in [5.41, 5.74) is 1.82. The largest absolute Gasteiger partial charge is 0.300 e. The fourth-order valence-corrected chi connectivity index (χ4v) is 2.11. The van der Waals surface area contributed by atoms with Gasteiger partial charge in [0.2, 0.25) is 0 Å². The molecule has 0 atom stereocenters. The first-order chi connectivity index (χ1) is 7.77. The number of hydrogen-bond acceptors (Lipinski definition) is 2. The number of rotatable bonds is 0. The summed E-state index contributed by atoms with van der Waals surface area (Å²) in [6.07, 6.45) is 1.90. The van der Waals surface area contributed by atoms with Crippen LogP contribution >= 0.6 is 11.6 Å². The average molecular weight is 230 g/mol. The number of nitrogens with zero attached hydrogens (tertiary/aromatic N) is 2. The molecule has 0 radical (unpaired) electrons. The molecule has 0 aliphatic heterocycles.